The number of hydrogen-bond acceptors (Lipinski definition) is 7. The topological polar surface area (TPSA) is 95.5 Å². The van der Waals surface area contributed by atoms with Crippen LogP contribution in [0.3, 0.4) is 0 Å². The van der Waals surface area contributed by atoms with Gasteiger partial charge in [0.25, 0.3) is 5.89 Å². The highest BCUT2D eigenvalue weighted by molar-refractivity contribution is 5.79. The first-order chi connectivity index (χ1) is 15.7. The first-order valence-electron chi connectivity index (χ1n) is 10.5. The third kappa shape index (κ3) is 4.06. The molecule has 1 atom stereocenters. The van der Waals surface area contributed by atoms with Crippen molar-refractivity contribution in [2.75, 3.05) is 26.8 Å². The fourth-order valence-electron chi connectivity index (χ4n) is 3.81. The Labute approximate surface area is 184 Å². The molecule has 9 nitrogen and oxygen atoms in total. The summed E-state index contributed by atoms with van der Waals surface area (Å²) in [5, 5.41) is 9.53. The van der Waals surface area contributed by atoms with Crippen LogP contribution in [0.15, 0.2) is 59.3 Å². The second-order valence-electron chi connectivity index (χ2n) is 7.56. The van der Waals surface area contributed by atoms with Crippen molar-refractivity contribution in [3.05, 3.63) is 60.6 Å². The van der Waals surface area contributed by atoms with E-state index in [1.165, 1.54) is 0 Å². The zero-order chi connectivity index (χ0) is 21.9. The van der Waals surface area contributed by atoms with Gasteiger partial charge >= 0.3 is 0 Å². The predicted molar refractivity (Wildman–Crippen MR) is 116 cm³/mol. The molecule has 0 bridgehead atoms. The van der Waals surface area contributed by atoms with Crippen molar-refractivity contribution in [3.63, 3.8) is 0 Å². The molecule has 5 rings (SSSR count). The highest BCUT2D eigenvalue weighted by atomic mass is 16.5. The lowest BCUT2D eigenvalue weighted by Gasteiger charge is -2.31. The number of morpholine rings is 1. The summed E-state index contributed by atoms with van der Waals surface area (Å²) in [5.74, 6) is 1.64. The largest absolute Gasteiger partial charge is 0.497 e. The molecule has 1 unspecified atom stereocenters. The second kappa shape index (κ2) is 8.80. The number of carbonyl (C=O) groups is 1. The molecule has 164 valence electrons. The summed E-state index contributed by atoms with van der Waals surface area (Å²) in [5.41, 5.74) is 1.84. The van der Waals surface area contributed by atoms with E-state index in [0.717, 1.165) is 22.2 Å². The molecule has 1 fully saturated rings. The zero-order valence-corrected chi connectivity index (χ0v) is 17.7. The molecule has 9 heteroatoms. The molecule has 2 aromatic heterocycles. The number of hydrogen-bond donors (Lipinski definition) is 0. The van der Waals surface area contributed by atoms with Gasteiger partial charge in [-0.3, -0.25) is 9.48 Å². The van der Waals surface area contributed by atoms with E-state index < -0.39 is 6.10 Å². The van der Waals surface area contributed by atoms with Crippen molar-refractivity contribution in [1.82, 2.24) is 24.8 Å². The Morgan fingerprint density at radius 3 is 2.88 bits per heavy atom. The molecule has 0 N–H and O–H groups in total. The number of nitrogens with zero attached hydrogens (tertiary/aromatic N) is 5. The molecule has 1 aliphatic rings. The molecule has 1 amide bonds. The second-order valence-corrected chi connectivity index (χ2v) is 7.56. The van der Waals surface area contributed by atoms with Gasteiger partial charge in [-0.25, -0.2) is 0 Å². The average molecular weight is 433 g/mol. The van der Waals surface area contributed by atoms with Crippen molar-refractivity contribution in [1.29, 1.82) is 0 Å². The van der Waals surface area contributed by atoms with Gasteiger partial charge in [0.15, 0.2) is 6.10 Å². The number of rotatable bonds is 6. The van der Waals surface area contributed by atoms with Gasteiger partial charge in [0.05, 0.1) is 38.5 Å². The van der Waals surface area contributed by atoms with E-state index in [-0.39, 0.29) is 5.91 Å². The van der Waals surface area contributed by atoms with Gasteiger partial charge in [-0.15, -0.1) is 0 Å². The SMILES string of the molecule is COc1ccc(-c2noc(C3CN(C(=O)CCn4ncc5ccccc54)CCO3)n2)cc1. The van der Waals surface area contributed by atoms with Crippen LogP contribution >= 0.6 is 0 Å². The summed E-state index contributed by atoms with van der Waals surface area (Å²) in [4.78, 5) is 19.1. The Balaban J connectivity index is 1.22. The summed E-state index contributed by atoms with van der Waals surface area (Å²) >= 11 is 0. The highest BCUT2D eigenvalue weighted by Gasteiger charge is 2.29. The molecular formula is C23H23N5O4. The first-order valence-corrected chi connectivity index (χ1v) is 10.5. The van der Waals surface area contributed by atoms with Crippen LogP contribution in [0, 0.1) is 0 Å². The van der Waals surface area contributed by atoms with Crippen LogP contribution in [0.2, 0.25) is 0 Å². The minimum Gasteiger partial charge on any atom is -0.497 e. The molecule has 0 spiro atoms. The molecule has 1 aliphatic heterocycles. The number of aromatic nitrogens is 4. The van der Waals surface area contributed by atoms with Crippen molar-refractivity contribution >= 4 is 16.8 Å². The highest BCUT2D eigenvalue weighted by Crippen LogP contribution is 2.25. The zero-order valence-electron chi connectivity index (χ0n) is 17.7. The summed E-state index contributed by atoms with van der Waals surface area (Å²) in [6.07, 6.45) is 1.73. The maximum atomic E-state index is 12.8. The van der Waals surface area contributed by atoms with E-state index in [4.69, 9.17) is 14.0 Å². The number of amides is 1. The van der Waals surface area contributed by atoms with E-state index in [9.17, 15) is 4.79 Å². The van der Waals surface area contributed by atoms with Crippen molar-refractivity contribution in [3.8, 4) is 17.1 Å². The maximum Gasteiger partial charge on any atom is 0.257 e. The average Bonchev–Trinajstić information content (AvgIpc) is 3.50. The molecule has 0 saturated carbocycles. The number of benzene rings is 2. The van der Waals surface area contributed by atoms with Crippen molar-refractivity contribution < 1.29 is 18.8 Å². The molecule has 32 heavy (non-hydrogen) atoms. The third-order valence-corrected chi connectivity index (χ3v) is 5.57. The monoisotopic (exact) mass is 433 g/mol. The number of fused-ring (bicyclic) bond motifs is 1. The summed E-state index contributed by atoms with van der Waals surface area (Å²) < 4.78 is 18.3. The lowest BCUT2D eigenvalue weighted by Crippen LogP contribution is -2.42. The van der Waals surface area contributed by atoms with Crippen LogP contribution < -0.4 is 4.74 Å². The van der Waals surface area contributed by atoms with Crippen LogP contribution in [-0.4, -0.2) is 57.5 Å². The van der Waals surface area contributed by atoms with E-state index in [1.54, 1.807) is 12.0 Å². The number of methoxy groups -OCH3 is 1. The lowest BCUT2D eigenvalue weighted by molar-refractivity contribution is -0.140. The number of aryl methyl sites for hydroxylation is 1. The quantitative estimate of drug-likeness (QED) is 0.461. The summed E-state index contributed by atoms with van der Waals surface area (Å²) in [6.45, 7) is 1.86. The smallest absolute Gasteiger partial charge is 0.257 e. The van der Waals surface area contributed by atoms with Gasteiger partial charge in [-0.1, -0.05) is 23.4 Å². The fraction of sp³-hybridized carbons (Fsp3) is 0.304. The molecule has 0 aliphatic carbocycles. The molecule has 2 aromatic carbocycles. The van der Waals surface area contributed by atoms with Crippen LogP contribution in [0.5, 0.6) is 5.75 Å². The Morgan fingerprint density at radius 1 is 1.19 bits per heavy atom. The minimum atomic E-state index is -0.447. The van der Waals surface area contributed by atoms with Crippen LogP contribution in [0.25, 0.3) is 22.3 Å². The fourth-order valence-corrected chi connectivity index (χ4v) is 3.81. The van der Waals surface area contributed by atoms with E-state index in [2.05, 4.69) is 15.2 Å². The normalized spacial score (nSPS) is 16.4. The van der Waals surface area contributed by atoms with Gasteiger partial charge in [0.1, 0.15) is 5.75 Å². The maximum absolute atomic E-state index is 12.8. The molecule has 4 aromatic rings. The predicted octanol–water partition coefficient (Wildman–Crippen LogP) is 3.09. The Kier molecular flexibility index (Phi) is 5.55. The Hall–Kier alpha value is -3.72. The van der Waals surface area contributed by atoms with Crippen molar-refractivity contribution in [2.45, 2.75) is 19.1 Å². The van der Waals surface area contributed by atoms with Crippen LogP contribution in [0.4, 0.5) is 0 Å². The van der Waals surface area contributed by atoms with E-state index in [1.807, 2.05) is 59.4 Å². The standard InChI is InChI=1S/C23H23N5O4/c1-30-18-8-6-16(7-9-18)22-25-23(32-26-22)20-15-27(12-13-31-20)21(29)10-11-28-19-5-3-2-4-17(19)14-24-28/h2-9,14,20H,10-13,15H2,1H3. The molecular weight excluding hydrogens is 410 g/mol. The summed E-state index contributed by atoms with van der Waals surface area (Å²) in [7, 11) is 1.62. The first kappa shape index (κ1) is 20.2. The number of para-hydroxylation sites is 1. The van der Waals surface area contributed by atoms with E-state index >= 15 is 0 Å². The minimum absolute atomic E-state index is 0.0489. The number of carbonyl (C=O) groups excluding carboxylic acids is 1. The van der Waals surface area contributed by atoms with Gasteiger partial charge in [0, 0.05) is 23.9 Å². The Morgan fingerprint density at radius 2 is 2.03 bits per heavy atom. The molecule has 3 heterocycles. The van der Waals surface area contributed by atoms with Crippen LogP contribution in [-0.2, 0) is 16.1 Å². The van der Waals surface area contributed by atoms with Crippen molar-refractivity contribution in [2.24, 2.45) is 0 Å². The van der Waals surface area contributed by atoms with Gasteiger partial charge in [-0.05, 0) is 30.3 Å². The number of ether oxygens (including phenoxy) is 2. The third-order valence-electron chi connectivity index (χ3n) is 5.57. The molecule has 1 saturated heterocycles. The van der Waals surface area contributed by atoms with Gasteiger partial charge in [0.2, 0.25) is 11.7 Å². The lowest BCUT2D eigenvalue weighted by atomic mass is 10.2. The van der Waals surface area contributed by atoms with Crippen LogP contribution in [0.1, 0.15) is 18.4 Å². The Bertz CT molecular complexity index is 1220. The summed E-state index contributed by atoms with van der Waals surface area (Å²) in [6, 6.07) is 15.4. The molecule has 0 radical (unpaired) electrons. The van der Waals surface area contributed by atoms with E-state index in [0.29, 0.717) is 44.4 Å². The van der Waals surface area contributed by atoms with Gasteiger partial charge < -0.3 is 18.9 Å². The van der Waals surface area contributed by atoms with Gasteiger partial charge in [-0.2, -0.15) is 10.1 Å².